The van der Waals surface area contributed by atoms with Gasteiger partial charge in [0.2, 0.25) is 10.0 Å². The molecule has 0 aromatic heterocycles. The van der Waals surface area contributed by atoms with Crippen LogP contribution in [0.15, 0.2) is 66.7 Å². The molecule has 1 aliphatic heterocycles. The summed E-state index contributed by atoms with van der Waals surface area (Å²) in [6.45, 7) is 2.63. The normalized spacial score (nSPS) is 16.0. The number of sulfonamides is 1. The number of likely N-dealkylation sites (tertiary alicyclic amines) is 1. The molecule has 0 radical (unpaired) electrons. The second kappa shape index (κ2) is 13.2. The summed E-state index contributed by atoms with van der Waals surface area (Å²) in [7, 11) is -1.81. The van der Waals surface area contributed by atoms with E-state index in [0.29, 0.717) is 22.3 Å². The summed E-state index contributed by atoms with van der Waals surface area (Å²) in [5.41, 5.74) is 3.95. The van der Waals surface area contributed by atoms with Gasteiger partial charge < -0.3 is 5.32 Å². The zero-order chi connectivity index (χ0) is 29.6. The maximum atomic E-state index is 13.0. The van der Waals surface area contributed by atoms with Crippen LogP contribution in [0.3, 0.4) is 0 Å². The maximum absolute atomic E-state index is 13.0. The number of hydrogen-bond acceptors (Lipinski definition) is 5. The number of carbonyl (C=O) groups excluding carboxylic acids is 1. The molecular weight excluding hydrogens is 581 g/mol. The fraction of sp³-hybridized carbons (Fsp3) is 0.333. The number of halogens is 2. The monoisotopic (exact) mass is 614 g/mol. The number of quaternary nitrogens is 1. The molecule has 11 heteroatoms. The van der Waals surface area contributed by atoms with Crippen LogP contribution < -0.4 is 14.5 Å². The SMILES string of the molecule is CNC(=O)C[N+](CC#N)(c1ccc(Cl)c(Cl)c1)C(CN1CCCC1)c1ccc(-c2cccc(NS(C)(=O)=O)c2)cc1. The van der Waals surface area contributed by atoms with E-state index < -0.39 is 10.0 Å². The van der Waals surface area contributed by atoms with Gasteiger partial charge in [-0.1, -0.05) is 59.6 Å². The number of carbonyl (C=O) groups is 1. The first-order chi connectivity index (χ1) is 19.5. The number of rotatable bonds is 11. The molecule has 1 heterocycles. The fourth-order valence-corrected chi connectivity index (χ4v) is 6.34. The van der Waals surface area contributed by atoms with Crippen molar-refractivity contribution in [2.24, 2.45) is 0 Å². The molecule has 3 aromatic carbocycles. The lowest BCUT2D eigenvalue weighted by molar-refractivity contribution is -0.122. The van der Waals surface area contributed by atoms with Gasteiger partial charge in [0.25, 0.3) is 5.91 Å². The average Bonchev–Trinajstić information content (AvgIpc) is 3.46. The van der Waals surface area contributed by atoms with Crippen molar-refractivity contribution in [1.29, 1.82) is 5.26 Å². The molecule has 8 nitrogen and oxygen atoms in total. The van der Waals surface area contributed by atoms with Gasteiger partial charge in [0.05, 0.1) is 22.8 Å². The molecule has 2 atom stereocenters. The van der Waals surface area contributed by atoms with E-state index in [2.05, 4.69) is 21.0 Å². The first-order valence-corrected chi connectivity index (χ1v) is 16.0. The lowest BCUT2D eigenvalue weighted by Crippen LogP contribution is -2.59. The minimum absolute atomic E-state index is 0.0431. The van der Waals surface area contributed by atoms with Crippen molar-refractivity contribution >= 4 is 50.5 Å². The van der Waals surface area contributed by atoms with Crippen molar-refractivity contribution in [3.8, 4) is 17.2 Å². The van der Waals surface area contributed by atoms with E-state index in [1.807, 2.05) is 36.4 Å². The van der Waals surface area contributed by atoms with Crippen LogP contribution in [0.5, 0.6) is 0 Å². The number of likely N-dealkylation sites (N-methyl/N-ethyl adjacent to an activating group) is 1. The molecule has 1 fully saturated rings. The molecule has 4 rings (SSSR count). The number of amides is 1. The third kappa shape index (κ3) is 7.59. The van der Waals surface area contributed by atoms with Crippen LogP contribution in [0.25, 0.3) is 11.1 Å². The molecule has 41 heavy (non-hydrogen) atoms. The van der Waals surface area contributed by atoms with Gasteiger partial charge in [0.15, 0.2) is 13.1 Å². The number of nitrogens with zero attached hydrogens (tertiary/aromatic N) is 3. The van der Waals surface area contributed by atoms with Crippen LogP contribution in [0.4, 0.5) is 11.4 Å². The highest BCUT2D eigenvalue weighted by molar-refractivity contribution is 7.92. The molecule has 2 unspecified atom stereocenters. The topological polar surface area (TPSA) is 102 Å². The van der Waals surface area contributed by atoms with Crippen LogP contribution in [0.1, 0.15) is 24.4 Å². The number of nitrogens with one attached hydrogen (secondary N) is 2. The second-order valence-corrected chi connectivity index (χ2v) is 12.9. The average molecular weight is 616 g/mol. The smallest absolute Gasteiger partial charge is 0.275 e. The molecule has 1 saturated heterocycles. The highest BCUT2D eigenvalue weighted by Crippen LogP contribution is 2.40. The van der Waals surface area contributed by atoms with Crippen LogP contribution in [0.2, 0.25) is 10.0 Å². The highest BCUT2D eigenvalue weighted by atomic mass is 35.5. The Balaban J connectivity index is 1.82. The molecule has 1 amide bonds. The summed E-state index contributed by atoms with van der Waals surface area (Å²) in [6, 6.07) is 22.6. The van der Waals surface area contributed by atoms with Gasteiger partial charge in [-0.3, -0.25) is 18.9 Å². The van der Waals surface area contributed by atoms with Crippen LogP contribution >= 0.6 is 23.2 Å². The predicted molar refractivity (Wildman–Crippen MR) is 166 cm³/mol. The Morgan fingerprint density at radius 2 is 1.73 bits per heavy atom. The Bertz CT molecular complexity index is 1540. The Labute approximate surface area is 252 Å². The van der Waals surface area contributed by atoms with Crippen LogP contribution in [-0.4, -0.2) is 65.3 Å². The Hall–Kier alpha value is -3.13. The molecule has 0 spiro atoms. The molecule has 0 saturated carbocycles. The molecular formula is C30H34Cl2N5O3S+. The van der Waals surface area contributed by atoms with Crippen molar-refractivity contribution in [3.63, 3.8) is 0 Å². The lowest BCUT2D eigenvalue weighted by Gasteiger charge is -2.44. The second-order valence-electron chi connectivity index (χ2n) is 10.4. The summed E-state index contributed by atoms with van der Waals surface area (Å²) >= 11 is 12.7. The standard InChI is InChI=1S/C30H33Cl2N5O3S/c1-34-30(38)21-37(17-14-33,26-12-13-27(31)28(32)19-26)29(20-36-15-3-4-16-36)23-10-8-22(9-11-23)24-6-5-7-25(18-24)35-41(2,39)40/h5-13,18-19,29,35H,3-4,15-17,20-21H2,1-2H3/p+1. The third-order valence-electron chi connectivity index (χ3n) is 7.50. The van der Waals surface area contributed by atoms with Crippen molar-refractivity contribution in [2.75, 3.05) is 50.7 Å². The lowest BCUT2D eigenvalue weighted by atomic mass is 9.96. The van der Waals surface area contributed by atoms with Gasteiger partial charge in [0, 0.05) is 30.4 Å². The quantitative estimate of drug-likeness (QED) is 0.221. The van der Waals surface area contributed by atoms with Crippen molar-refractivity contribution in [2.45, 2.75) is 18.9 Å². The number of benzene rings is 3. The molecule has 216 valence electrons. The van der Waals surface area contributed by atoms with E-state index >= 15 is 0 Å². The summed E-state index contributed by atoms with van der Waals surface area (Å²) in [5.74, 6) is -0.190. The van der Waals surface area contributed by atoms with E-state index in [1.165, 1.54) is 0 Å². The first kappa shape index (κ1) is 30.8. The van der Waals surface area contributed by atoms with Gasteiger partial charge >= 0.3 is 0 Å². The number of anilines is 1. The van der Waals surface area contributed by atoms with Gasteiger partial charge in [-0.15, -0.1) is 0 Å². The summed E-state index contributed by atoms with van der Waals surface area (Å²) < 4.78 is 26.0. The zero-order valence-electron chi connectivity index (χ0n) is 23.1. The first-order valence-electron chi connectivity index (χ1n) is 13.3. The maximum Gasteiger partial charge on any atom is 0.275 e. The van der Waals surface area contributed by atoms with Crippen molar-refractivity contribution in [1.82, 2.24) is 14.7 Å². The number of nitriles is 1. The Kier molecular flexibility index (Phi) is 9.95. The van der Waals surface area contributed by atoms with Crippen LogP contribution in [0, 0.1) is 11.3 Å². The molecule has 3 aromatic rings. The summed E-state index contributed by atoms with van der Waals surface area (Å²) in [6.07, 6.45) is 3.32. The van der Waals surface area contributed by atoms with Crippen molar-refractivity contribution in [3.05, 3.63) is 82.3 Å². The molecule has 2 N–H and O–H groups in total. The Morgan fingerprint density at radius 1 is 1.02 bits per heavy atom. The van der Waals surface area contributed by atoms with Crippen molar-refractivity contribution < 1.29 is 13.2 Å². The van der Waals surface area contributed by atoms with Gasteiger partial charge in [-0.2, -0.15) is 5.26 Å². The minimum Gasteiger partial charge on any atom is -0.354 e. The summed E-state index contributed by atoms with van der Waals surface area (Å²) in [5, 5.41) is 13.6. The van der Waals surface area contributed by atoms with Gasteiger partial charge in [0.1, 0.15) is 17.8 Å². The summed E-state index contributed by atoms with van der Waals surface area (Å²) in [4.78, 5) is 15.4. The van der Waals surface area contributed by atoms with Gasteiger partial charge in [-0.25, -0.2) is 8.42 Å². The minimum atomic E-state index is -3.41. The van der Waals surface area contributed by atoms with E-state index in [-0.39, 0.29) is 29.5 Å². The van der Waals surface area contributed by atoms with Crippen LogP contribution in [-0.2, 0) is 14.8 Å². The zero-order valence-corrected chi connectivity index (χ0v) is 25.4. The molecule has 0 aliphatic carbocycles. The highest BCUT2D eigenvalue weighted by Gasteiger charge is 2.43. The van der Waals surface area contributed by atoms with E-state index in [0.717, 1.165) is 54.6 Å². The number of hydrogen-bond donors (Lipinski definition) is 2. The van der Waals surface area contributed by atoms with E-state index in [9.17, 15) is 18.5 Å². The van der Waals surface area contributed by atoms with Gasteiger partial charge in [-0.05, 0) is 55.3 Å². The molecule has 0 bridgehead atoms. The Morgan fingerprint density at radius 3 is 2.34 bits per heavy atom. The largest absolute Gasteiger partial charge is 0.354 e. The third-order valence-corrected chi connectivity index (χ3v) is 8.84. The molecule has 1 aliphatic rings. The fourth-order valence-electron chi connectivity index (χ4n) is 5.49. The van der Waals surface area contributed by atoms with E-state index in [4.69, 9.17) is 23.2 Å². The van der Waals surface area contributed by atoms with E-state index in [1.54, 1.807) is 37.4 Å². The predicted octanol–water partition coefficient (Wildman–Crippen LogP) is 5.45.